The number of rotatable bonds is 6. The third kappa shape index (κ3) is 5.20. The third-order valence-corrected chi connectivity index (χ3v) is 4.82. The molecule has 23 heavy (non-hydrogen) atoms. The van der Waals surface area contributed by atoms with Crippen molar-refractivity contribution in [3.63, 3.8) is 0 Å². The predicted molar refractivity (Wildman–Crippen MR) is 95.1 cm³/mol. The molecule has 0 radical (unpaired) electrons. The number of aliphatic hydroxyl groups excluding tert-OH is 1. The van der Waals surface area contributed by atoms with Crippen LogP contribution in [0.1, 0.15) is 43.2 Å². The van der Waals surface area contributed by atoms with E-state index in [0.717, 1.165) is 24.0 Å². The van der Waals surface area contributed by atoms with E-state index in [1.54, 1.807) is 0 Å². The number of nitrogens with one attached hydrogen (secondary N) is 1. The molecule has 0 saturated heterocycles. The fraction of sp³-hybridized carbons (Fsp3) is 0.611. The first kappa shape index (κ1) is 18.2. The number of halogens is 1. The van der Waals surface area contributed by atoms with Crippen LogP contribution in [0.15, 0.2) is 12.1 Å². The standard InChI is InChI=1S/C18H27ClN2O2/c1-13-10-14(2)18(16(19)11-13)20-17(23)12-21(8-9-22)15-6-4-3-5-7-15/h10-11,15,22H,3-9,12H2,1-2H3,(H,20,23). The van der Waals surface area contributed by atoms with E-state index >= 15 is 0 Å². The average molecular weight is 339 g/mol. The van der Waals surface area contributed by atoms with E-state index in [0.29, 0.717) is 29.8 Å². The Bertz CT molecular complexity index is 519. The van der Waals surface area contributed by atoms with Crippen molar-refractivity contribution in [1.82, 2.24) is 4.90 Å². The van der Waals surface area contributed by atoms with Crippen LogP contribution in [0, 0.1) is 13.8 Å². The van der Waals surface area contributed by atoms with Gasteiger partial charge in [-0.1, -0.05) is 36.9 Å². The summed E-state index contributed by atoms with van der Waals surface area (Å²) in [5.41, 5.74) is 2.74. The van der Waals surface area contributed by atoms with Gasteiger partial charge in [0.15, 0.2) is 0 Å². The van der Waals surface area contributed by atoms with Crippen LogP contribution < -0.4 is 5.32 Å². The summed E-state index contributed by atoms with van der Waals surface area (Å²) in [6, 6.07) is 4.27. The van der Waals surface area contributed by atoms with E-state index in [4.69, 9.17) is 11.6 Å². The van der Waals surface area contributed by atoms with Gasteiger partial charge in [0.25, 0.3) is 0 Å². The van der Waals surface area contributed by atoms with Gasteiger partial charge in [-0.05, 0) is 43.9 Å². The highest BCUT2D eigenvalue weighted by atomic mass is 35.5. The van der Waals surface area contributed by atoms with Crippen LogP contribution in [-0.4, -0.2) is 41.7 Å². The summed E-state index contributed by atoms with van der Waals surface area (Å²) in [6.45, 7) is 4.85. The molecule has 1 aliphatic carbocycles. The number of anilines is 1. The van der Waals surface area contributed by atoms with Crippen LogP contribution in [0.2, 0.25) is 5.02 Å². The van der Waals surface area contributed by atoms with Crippen molar-refractivity contribution >= 4 is 23.2 Å². The largest absolute Gasteiger partial charge is 0.395 e. The molecule has 0 unspecified atom stereocenters. The van der Waals surface area contributed by atoms with E-state index in [-0.39, 0.29) is 12.5 Å². The lowest BCUT2D eigenvalue weighted by Gasteiger charge is -2.33. The summed E-state index contributed by atoms with van der Waals surface area (Å²) in [6.07, 6.45) is 5.90. The van der Waals surface area contributed by atoms with Crippen molar-refractivity contribution in [3.05, 3.63) is 28.3 Å². The van der Waals surface area contributed by atoms with Gasteiger partial charge in [0.1, 0.15) is 0 Å². The molecule has 1 saturated carbocycles. The first-order valence-corrected chi connectivity index (χ1v) is 8.80. The molecule has 0 aliphatic heterocycles. The average Bonchev–Trinajstić information content (AvgIpc) is 2.51. The van der Waals surface area contributed by atoms with Crippen LogP contribution >= 0.6 is 11.6 Å². The number of carbonyl (C=O) groups is 1. The molecular weight excluding hydrogens is 312 g/mol. The van der Waals surface area contributed by atoms with Gasteiger partial charge in [-0.3, -0.25) is 9.69 Å². The minimum atomic E-state index is -0.0714. The van der Waals surface area contributed by atoms with Gasteiger partial charge in [-0.25, -0.2) is 0 Å². The Hall–Kier alpha value is -1.10. The highest BCUT2D eigenvalue weighted by Crippen LogP contribution is 2.27. The Labute approximate surface area is 143 Å². The highest BCUT2D eigenvalue weighted by Gasteiger charge is 2.23. The molecule has 1 aromatic rings. The number of carbonyl (C=O) groups excluding carboxylic acids is 1. The first-order chi connectivity index (χ1) is 11.0. The normalized spacial score (nSPS) is 15.9. The first-order valence-electron chi connectivity index (χ1n) is 8.42. The number of aryl methyl sites for hydroxylation is 2. The maximum absolute atomic E-state index is 12.4. The van der Waals surface area contributed by atoms with Gasteiger partial charge in [-0.2, -0.15) is 0 Å². The lowest BCUT2D eigenvalue weighted by molar-refractivity contribution is -0.118. The van der Waals surface area contributed by atoms with Gasteiger partial charge >= 0.3 is 0 Å². The quantitative estimate of drug-likeness (QED) is 0.834. The van der Waals surface area contributed by atoms with E-state index in [1.165, 1.54) is 19.3 Å². The second-order valence-electron chi connectivity index (χ2n) is 6.47. The van der Waals surface area contributed by atoms with Crippen molar-refractivity contribution in [2.75, 3.05) is 25.0 Å². The van der Waals surface area contributed by atoms with Crippen molar-refractivity contribution in [3.8, 4) is 0 Å². The van der Waals surface area contributed by atoms with Crippen LogP contribution in [0.5, 0.6) is 0 Å². The molecule has 2 rings (SSSR count). The van der Waals surface area contributed by atoms with Crippen molar-refractivity contribution in [1.29, 1.82) is 0 Å². The van der Waals surface area contributed by atoms with Gasteiger partial charge < -0.3 is 10.4 Å². The van der Waals surface area contributed by atoms with Crippen LogP contribution in [0.3, 0.4) is 0 Å². The minimum absolute atomic E-state index is 0.0714. The van der Waals surface area contributed by atoms with E-state index in [9.17, 15) is 9.90 Å². The molecule has 1 aromatic carbocycles. The van der Waals surface area contributed by atoms with Crippen molar-refractivity contribution in [2.24, 2.45) is 0 Å². The fourth-order valence-corrected chi connectivity index (χ4v) is 3.77. The number of benzene rings is 1. The summed E-state index contributed by atoms with van der Waals surface area (Å²) in [5.74, 6) is -0.0714. The molecule has 0 aromatic heterocycles. The van der Waals surface area contributed by atoms with Gasteiger partial charge in [-0.15, -0.1) is 0 Å². The summed E-state index contributed by atoms with van der Waals surface area (Å²) >= 11 is 6.26. The van der Waals surface area contributed by atoms with E-state index < -0.39 is 0 Å². The number of nitrogens with zero attached hydrogens (tertiary/aromatic N) is 1. The van der Waals surface area contributed by atoms with Crippen molar-refractivity contribution in [2.45, 2.75) is 52.0 Å². The van der Waals surface area contributed by atoms with Crippen LogP contribution in [-0.2, 0) is 4.79 Å². The summed E-state index contributed by atoms with van der Waals surface area (Å²) < 4.78 is 0. The highest BCUT2D eigenvalue weighted by molar-refractivity contribution is 6.34. The molecule has 1 amide bonds. The van der Waals surface area contributed by atoms with Crippen molar-refractivity contribution < 1.29 is 9.90 Å². The molecule has 1 aliphatic rings. The smallest absolute Gasteiger partial charge is 0.238 e. The molecule has 0 atom stereocenters. The van der Waals surface area contributed by atoms with Gasteiger partial charge in [0, 0.05) is 12.6 Å². The zero-order valence-corrected chi connectivity index (χ0v) is 14.8. The Morgan fingerprint density at radius 2 is 2.00 bits per heavy atom. The summed E-state index contributed by atoms with van der Waals surface area (Å²) in [4.78, 5) is 14.5. The van der Waals surface area contributed by atoms with Crippen LogP contribution in [0.4, 0.5) is 5.69 Å². The molecule has 4 nitrogen and oxygen atoms in total. The fourth-order valence-electron chi connectivity index (χ4n) is 3.40. The molecule has 5 heteroatoms. The zero-order chi connectivity index (χ0) is 16.8. The van der Waals surface area contributed by atoms with E-state index in [2.05, 4.69) is 10.2 Å². The number of hydrogen-bond donors (Lipinski definition) is 2. The molecule has 128 valence electrons. The summed E-state index contributed by atoms with van der Waals surface area (Å²) in [7, 11) is 0. The van der Waals surface area contributed by atoms with Gasteiger partial charge in [0.2, 0.25) is 5.91 Å². The Morgan fingerprint density at radius 1 is 1.30 bits per heavy atom. The molecule has 1 fully saturated rings. The lowest BCUT2D eigenvalue weighted by Crippen LogP contribution is -2.43. The Balaban J connectivity index is 2.01. The number of hydrogen-bond acceptors (Lipinski definition) is 3. The maximum atomic E-state index is 12.4. The lowest BCUT2D eigenvalue weighted by atomic mass is 9.94. The number of amides is 1. The zero-order valence-electron chi connectivity index (χ0n) is 14.1. The Kier molecular flexibility index (Phi) is 6.88. The second kappa shape index (κ2) is 8.67. The van der Waals surface area contributed by atoms with E-state index in [1.807, 2.05) is 26.0 Å². The van der Waals surface area contributed by atoms with Gasteiger partial charge in [0.05, 0.1) is 23.9 Å². The molecule has 0 heterocycles. The maximum Gasteiger partial charge on any atom is 0.238 e. The van der Waals surface area contributed by atoms with Crippen LogP contribution in [0.25, 0.3) is 0 Å². The topological polar surface area (TPSA) is 52.6 Å². The summed E-state index contributed by atoms with van der Waals surface area (Å²) in [5, 5.41) is 12.8. The third-order valence-electron chi connectivity index (χ3n) is 4.52. The minimum Gasteiger partial charge on any atom is -0.395 e. The number of aliphatic hydroxyl groups is 1. The molecular formula is C18H27ClN2O2. The molecule has 0 bridgehead atoms. The molecule has 2 N–H and O–H groups in total. The second-order valence-corrected chi connectivity index (χ2v) is 6.88. The molecule has 0 spiro atoms. The SMILES string of the molecule is Cc1cc(C)c(NC(=O)CN(CCO)C2CCCCC2)c(Cl)c1. The Morgan fingerprint density at radius 3 is 2.61 bits per heavy atom. The monoisotopic (exact) mass is 338 g/mol. The predicted octanol–water partition coefficient (Wildman–Crippen LogP) is 3.52.